The maximum Gasteiger partial charge on any atom is 0.251 e. The van der Waals surface area contributed by atoms with Crippen molar-refractivity contribution in [2.45, 2.75) is 19.9 Å². The van der Waals surface area contributed by atoms with Crippen LogP contribution in [0.15, 0.2) is 24.3 Å². The molecule has 0 unspecified atom stereocenters. The van der Waals surface area contributed by atoms with E-state index < -0.39 is 0 Å². The quantitative estimate of drug-likeness (QED) is 0.745. The van der Waals surface area contributed by atoms with Crippen LogP contribution in [0.2, 0.25) is 0 Å². The summed E-state index contributed by atoms with van der Waals surface area (Å²) in [6, 6.07) is 5.91. The van der Waals surface area contributed by atoms with Gasteiger partial charge in [0, 0.05) is 24.7 Å². The van der Waals surface area contributed by atoms with Crippen LogP contribution in [-0.4, -0.2) is 25.0 Å². The predicted octanol–water partition coefficient (Wildman–Crippen LogP) is 1.55. The van der Waals surface area contributed by atoms with E-state index in [0.29, 0.717) is 18.2 Å². The van der Waals surface area contributed by atoms with E-state index in [1.165, 1.54) is 24.3 Å². The van der Waals surface area contributed by atoms with Gasteiger partial charge in [0.2, 0.25) is 0 Å². The SMILES string of the molecule is CC(C)NCCNC(=O)c1ccc(F)cc1. The average molecular weight is 224 g/mol. The highest BCUT2D eigenvalue weighted by Gasteiger charge is 2.04. The third-order valence-corrected chi connectivity index (χ3v) is 2.07. The lowest BCUT2D eigenvalue weighted by atomic mass is 10.2. The molecule has 0 aliphatic heterocycles. The molecule has 2 N–H and O–H groups in total. The van der Waals surface area contributed by atoms with Crippen LogP contribution in [0.4, 0.5) is 4.39 Å². The lowest BCUT2D eigenvalue weighted by Gasteiger charge is -2.09. The second-order valence-electron chi connectivity index (χ2n) is 3.87. The van der Waals surface area contributed by atoms with Crippen molar-refractivity contribution >= 4 is 5.91 Å². The molecule has 0 bridgehead atoms. The summed E-state index contributed by atoms with van der Waals surface area (Å²) in [6.07, 6.45) is 0. The molecule has 1 aromatic rings. The first-order valence-electron chi connectivity index (χ1n) is 5.36. The van der Waals surface area contributed by atoms with E-state index >= 15 is 0 Å². The van der Waals surface area contributed by atoms with Crippen LogP contribution in [0.5, 0.6) is 0 Å². The fraction of sp³-hybridized carbons (Fsp3) is 0.417. The van der Waals surface area contributed by atoms with Crippen LogP contribution < -0.4 is 10.6 Å². The smallest absolute Gasteiger partial charge is 0.251 e. The van der Waals surface area contributed by atoms with Gasteiger partial charge >= 0.3 is 0 Å². The second kappa shape index (κ2) is 6.23. The largest absolute Gasteiger partial charge is 0.351 e. The summed E-state index contributed by atoms with van der Waals surface area (Å²) in [7, 11) is 0. The fourth-order valence-corrected chi connectivity index (χ4v) is 1.24. The average Bonchev–Trinajstić information content (AvgIpc) is 2.25. The Hall–Kier alpha value is -1.42. The molecule has 0 spiro atoms. The second-order valence-corrected chi connectivity index (χ2v) is 3.87. The van der Waals surface area contributed by atoms with E-state index in [2.05, 4.69) is 10.6 Å². The van der Waals surface area contributed by atoms with Gasteiger partial charge in [-0.1, -0.05) is 13.8 Å². The summed E-state index contributed by atoms with van der Waals surface area (Å²) in [5.74, 6) is -0.511. The molecule has 0 saturated heterocycles. The number of rotatable bonds is 5. The monoisotopic (exact) mass is 224 g/mol. The molecular weight excluding hydrogens is 207 g/mol. The minimum atomic E-state index is -0.335. The molecule has 0 atom stereocenters. The van der Waals surface area contributed by atoms with Crippen molar-refractivity contribution in [2.75, 3.05) is 13.1 Å². The molecule has 0 aromatic heterocycles. The Morgan fingerprint density at radius 2 is 1.88 bits per heavy atom. The molecule has 0 aliphatic rings. The van der Waals surface area contributed by atoms with E-state index in [9.17, 15) is 9.18 Å². The third-order valence-electron chi connectivity index (χ3n) is 2.07. The molecule has 3 nitrogen and oxygen atoms in total. The van der Waals surface area contributed by atoms with Crippen molar-refractivity contribution < 1.29 is 9.18 Å². The lowest BCUT2D eigenvalue weighted by molar-refractivity contribution is 0.0953. The first-order chi connectivity index (χ1) is 7.59. The number of halogens is 1. The number of hydrogen-bond donors (Lipinski definition) is 2. The Bertz CT molecular complexity index is 335. The molecule has 0 aliphatic carbocycles. The summed E-state index contributed by atoms with van der Waals surface area (Å²) in [4.78, 5) is 11.5. The summed E-state index contributed by atoms with van der Waals surface area (Å²) in [5, 5.41) is 5.94. The van der Waals surface area contributed by atoms with E-state index in [-0.39, 0.29) is 11.7 Å². The Labute approximate surface area is 95.0 Å². The zero-order valence-electron chi connectivity index (χ0n) is 9.59. The summed E-state index contributed by atoms with van der Waals surface area (Å²) >= 11 is 0. The first kappa shape index (κ1) is 12.6. The van der Waals surface area contributed by atoms with Gasteiger partial charge in [-0.05, 0) is 24.3 Å². The molecule has 88 valence electrons. The van der Waals surface area contributed by atoms with E-state index in [4.69, 9.17) is 0 Å². The maximum absolute atomic E-state index is 12.6. The van der Waals surface area contributed by atoms with E-state index in [1.54, 1.807) is 0 Å². The molecule has 1 rings (SSSR count). The van der Waals surface area contributed by atoms with Gasteiger partial charge in [-0.2, -0.15) is 0 Å². The van der Waals surface area contributed by atoms with Gasteiger partial charge < -0.3 is 10.6 Å². The fourth-order valence-electron chi connectivity index (χ4n) is 1.24. The van der Waals surface area contributed by atoms with E-state index in [0.717, 1.165) is 6.54 Å². The highest BCUT2D eigenvalue weighted by atomic mass is 19.1. The Morgan fingerprint density at radius 3 is 2.44 bits per heavy atom. The molecule has 0 fully saturated rings. The van der Waals surface area contributed by atoms with Crippen molar-refractivity contribution in [3.05, 3.63) is 35.6 Å². The molecule has 0 heterocycles. The van der Waals surface area contributed by atoms with Crippen LogP contribution in [-0.2, 0) is 0 Å². The van der Waals surface area contributed by atoms with Gasteiger partial charge in [0.1, 0.15) is 5.82 Å². The molecule has 4 heteroatoms. The number of nitrogens with one attached hydrogen (secondary N) is 2. The highest BCUT2D eigenvalue weighted by molar-refractivity contribution is 5.94. The lowest BCUT2D eigenvalue weighted by Crippen LogP contribution is -2.34. The van der Waals surface area contributed by atoms with Gasteiger partial charge in [0.25, 0.3) is 5.91 Å². The minimum absolute atomic E-state index is 0.175. The minimum Gasteiger partial charge on any atom is -0.351 e. The zero-order chi connectivity index (χ0) is 12.0. The van der Waals surface area contributed by atoms with Crippen molar-refractivity contribution in [2.24, 2.45) is 0 Å². The molecule has 16 heavy (non-hydrogen) atoms. The Morgan fingerprint density at radius 1 is 1.25 bits per heavy atom. The number of benzene rings is 1. The zero-order valence-corrected chi connectivity index (χ0v) is 9.59. The van der Waals surface area contributed by atoms with E-state index in [1.807, 2.05) is 13.8 Å². The van der Waals surface area contributed by atoms with Crippen LogP contribution in [0.25, 0.3) is 0 Å². The van der Waals surface area contributed by atoms with Crippen LogP contribution in [0.1, 0.15) is 24.2 Å². The molecule has 0 radical (unpaired) electrons. The van der Waals surface area contributed by atoms with Gasteiger partial charge in [-0.25, -0.2) is 4.39 Å². The van der Waals surface area contributed by atoms with Crippen molar-refractivity contribution in [1.29, 1.82) is 0 Å². The van der Waals surface area contributed by atoms with Crippen LogP contribution in [0.3, 0.4) is 0 Å². The molecule has 0 saturated carbocycles. The number of carbonyl (C=O) groups excluding carboxylic acids is 1. The normalized spacial score (nSPS) is 10.5. The van der Waals surface area contributed by atoms with Gasteiger partial charge in [0.05, 0.1) is 0 Å². The summed E-state index contributed by atoms with van der Waals surface area (Å²) in [5.41, 5.74) is 0.478. The van der Waals surface area contributed by atoms with Gasteiger partial charge in [-0.15, -0.1) is 0 Å². The van der Waals surface area contributed by atoms with Crippen LogP contribution in [0, 0.1) is 5.82 Å². The number of amides is 1. The first-order valence-corrected chi connectivity index (χ1v) is 5.36. The van der Waals surface area contributed by atoms with Crippen LogP contribution >= 0.6 is 0 Å². The molecule has 1 aromatic carbocycles. The third kappa shape index (κ3) is 4.40. The van der Waals surface area contributed by atoms with Crippen molar-refractivity contribution in [3.8, 4) is 0 Å². The van der Waals surface area contributed by atoms with Crippen molar-refractivity contribution in [3.63, 3.8) is 0 Å². The standard InChI is InChI=1S/C12H17FN2O/c1-9(2)14-7-8-15-12(16)10-3-5-11(13)6-4-10/h3-6,9,14H,7-8H2,1-2H3,(H,15,16). The number of hydrogen-bond acceptors (Lipinski definition) is 2. The van der Waals surface area contributed by atoms with Gasteiger partial charge in [-0.3, -0.25) is 4.79 Å². The predicted molar refractivity (Wildman–Crippen MR) is 61.9 cm³/mol. The van der Waals surface area contributed by atoms with Crippen molar-refractivity contribution in [1.82, 2.24) is 10.6 Å². The summed E-state index contributed by atoms with van der Waals surface area (Å²) in [6.45, 7) is 5.38. The molecule has 1 amide bonds. The maximum atomic E-state index is 12.6. The topological polar surface area (TPSA) is 41.1 Å². The van der Waals surface area contributed by atoms with Gasteiger partial charge in [0.15, 0.2) is 0 Å². The Balaban J connectivity index is 2.32. The molecular formula is C12H17FN2O. The highest BCUT2D eigenvalue weighted by Crippen LogP contribution is 2.01. The summed E-state index contributed by atoms with van der Waals surface area (Å²) < 4.78 is 12.6. The number of carbonyl (C=O) groups is 1. The Kier molecular flexibility index (Phi) is 4.92.